The van der Waals surface area contributed by atoms with Gasteiger partial charge in [0.2, 0.25) is 5.91 Å². The molecular formula is C22H31NO7. The Hall–Kier alpha value is -1.87. The van der Waals surface area contributed by atoms with Crippen LogP contribution in [0, 0.1) is 5.92 Å². The van der Waals surface area contributed by atoms with Gasteiger partial charge in [0.1, 0.15) is 12.9 Å². The van der Waals surface area contributed by atoms with Gasteiger partial charge in [-0.1, -0.05) is 6.07 Å². The first-order valence-electron chi connectivity index (χ1n) is 10.5. The van der Waals surface area contributed by atoms with Crippen molar-refractivity contribution in [1.29, 1.82) is 0 Å². The molecule has 1 aliphatic heterocycles. The van der Waals surface area contributed by atoms with Gasteiger partial charge >= 0.3 is 0 Å². The van der Waals surface area contributed by atoms with Crippen molar-refractivity contribution in [2.45, 2.75) is 49.4 Å². The molecule has 30 heavy (non-hydrogen) atoms. The maximum Gasteiger partial charge on any atom is 0.220 e. The minimum atomic E-state index is -0.660. The van der Waals surface area contributed by atoms with Crippen LogP contribution in [0.2, 0.25) is 0 Å². The predicted octanol–water partition coefficient (Wildman–Crippen LogP) is 1.16. The molecule has 0 saturated heterocycles. The maximum atomic E-state index is 12.6. The lowest BCUT2D eigenvalue weighted by Crippen LogP contribution is -2.61. The normalized spacial score (nSPS) is 31.1. The van der Waals surface area contributed by atoms with Gasteiger partial charge in [-0.3, -0.25) is 4.79 Å². The van der Waals surface area contributed by atoms with E-state index in [2.05, 4.69) is 5.32 Å². The van der Waals surface area contributed by atoms with E-state index >= 15 is 0 Å². The molecular weight excluding hydrogens is 390 g/mol. The molecule has 166 valence electrons. The van der Waals surface area contributed by atoms with E-state index in [-0.39, 0.29) is 31.1 Å². The van der Waals surface area contributed by atoms with Crippen LogP contribution in [0.15, 0.2) is 12.1 Å². The summed E-state index contributed by atoms with van der Waals surface area (Å²) in [5, 5.41) is 13.8. The van der Waals surface area contributed by atoms with Gasteiger partial charge in [0.05, 0.1) is 37.9 Å². The van der Waals surface area contributed by atoms with Crippen LogP contribution in [0.5, 0.6) is 11.5 Å². The van der Waals surface area contributed by atoms with E-state index in [4.69, 9.17) is 23.7 Å². The summed E-state index contributed by atoms with van der Waals surface area (Å²) in [6.07, 6.45) is 1.05. The van der Waals surface area contributed by atoms with Gasteiger partial charge in [-0.25, -0.2) is 0 Å². The highest BCUT2D eigenvalue weighted by Crippen LogP contribution is 2.62. The molecule has 1 aromatic carbocycles. The Morgan fingerprint density at radius 2 is 2.13 bits per heavy atom. The van der Waals surface area contributed by atoms with E-state index in [1.54, 1.807) is 21.3 Å². The van der Waals surface area contributed by atoms with Crippen molar-refractivity contribution < 1.29 is 33.6 Å². The smallest absolute Gasteiger partial charge is 0.220 e. The zero-order valence-electron chi connectivity index (χ0n) is 17.8. The van der Waals surface area contributed by atoms with Crippen LogP contribution in [-0.2, 0) is 30.8 Å². The number of carbonyl (C=O) groups excluding carboxylic acids is 1. The third-order valence-electron chi connectivity index (χ3n) is 6.83. The molecule has 0 radical (unpaired) electrons. The Morgan fingerprint density at radius 3 is 2.87 bits per heavy atom. The molecule has 1 fully saturated rings. The van der Waals surface area contributed by atoms with E-state index in [1.165, 1.54) is 0 Å². The highest BCUT2D eigenvalue weighted by molar-refractivity contribution is 5.79. The largest absolute Gasteiger partial charge is 0.493 e. The van der Waals surface area contributed by atoms with Crippen LogP contribution in [0.3, 0.4) is 0 Å². The van der Waals surface area contributed by atoms with Crippen molar-refractivity contribution in [3.8, 4) is 11.5 Å². The van der Waals surface area contributed by atoms with E-state index in [9.17, 15) is 9.90 Å². The van der Waals surface area contributed by atoms with Crippen molar-refractivity contribution in [2.75, 3.05) is 41.3 Å². The van der Waals surface area contributed by atoms with Crippen LogP contribution in [-0.4, -0.2) is 70.6 Å². The molecule has 1 aromatic rings. The lowest BCUT2D eigenvalue weighted by molar-refractivity contribution is -0.165. The number of rotatable bonds is 9. The SMILES string of the molecule is CNC(=O)C[C@@]12c3c4ccc(OC)c3O[C@@H]1[C@@H](OCOCCOC)CC[C@@H]2[C@@H](O)C4. The van der Waals surface area contributed by atoms with Crippen molar-refractivity contribution in [1.82, 2.24) is 5.32 Å². The second-order valence-electron chi connectivity index (χ2n) is 8.24. The summed E-state index contributed by atoms with van der Waals surface area (Å²) in [5.74, 6) is 1.15. The first kappa shape index (κ1) is 21.4. The third-order valence-corrected chi connectivity index (χ3v) is 6.83. The molecule has 2 N–H and O–H groups in total. The van der Waals surface area contributed by atoms with E-state index in [0.717, 1.165) is 24.0 Å². The minimum Gasteiger partial charge on any atom is -0.493 e. The summed E-state index contributed by atoms with van der Waals surface area (Å²) in [6.45, 7) is 1.06. The monoisotopic (exact) mass is 421 g/mol. The van der Waals surface area contributed by atoms with Crippen LogP contribution in [0.1, 0.15) is 30.4 Å². The average molecular weight is 421 g/mol. The highest BCUT2D eigenvalue weighted by atomic mass is 16.7. The van der Waals surface area contributed by atoms with E-state index in [1.807, 2.05) is 12.1 Å². The fourth-order valence-electron chi connectivity index (χ4n) is 5.58. The maximum absolute atomic E-state index is 12.6. The molecule has 1 heterocycles. The lowest BCUT2D eigenvalue weighted by Gasteiger charge is -2.51. The topological polar surface area (TPSA) is 95.5 Å². The Balaban J connectivity index is 1.72. The highest BCUT2D eigenvalue weighted by Gasteiger charge is 2.64. The van der Waals surface area contributed by atoms with Gasteiger partial charge in [0.25, 0.3) is 0 Å². The third kappa shape index (κ3) is 3.36. The van der Waals surface area contributed by atoms with Gasteiger partial charge in [-0.05, 0) is 36.8 Å². The number of aliphatic hydroxyl groups is 1. The zero-order chi connectivity index (χ0) is 21.3. The lowest BCUT2D eigenvalue weighted by atomic mass is 9.53. The summed E-state index contributed by atoms with van der Waals surface area (Å²) in [4.78, 5) is 12.6. The van der Waals surface area contributed by atoms with Gasteiger partial charge in [-0.2, -0.15) is 0 Å². The van der Waals surface area contributed by atoms with Crippen molar-refractivity contribution in [3.05, 3.63) is 23.3 Å². The molecule has 3 aliphatic rings. The van der Waals surface area contributed by atoms with Crippen molar-refractivity contribution in [3.63, 3.8) is 0 Å². The number of nitrogens with one attached hydrogen (secondary N) is 1. The molecule has 8 heteroatoms. The number of methoxy groups -OCH3 is 2. The predicted molar refractivity (Wildman–Crippen MR) is 108 cm³/mol. The molecule has 8 nitrogen and oxygen atoms in total. The minimum absolute atomic E-state index is 0.0821. The average Bonchev–Trinajstić information content (AvgIpc) is 3.09. The summed E-state index contributed by atoms with van der Waals surface area (Å²) in [6, 6.07) is 3.85. The fourth-order valence-corrected chi connectivity index (χ4v) is 5.58. The molecule has 0 unspecified atom stereocenters. The number of hydrogen-bond acceptors (Lipinski definition) is 7. The molecule has 5 atom stereocenters. The molecule has 2 aliphatic carbocycles. The molecule has 1 saturated carbocycles. The van der Waals surface area contributed by atoms with E-state index < -0.39 is 17.6 Å². The summed E-state index contributed by atoms with van der Waals surface area (Å²) >= 11 is 0. The van der Waals surface area contributed by atoms with Gasteiger partial charge in [0.15, 0.2) is 11.5 Å². The van der Waals surface area contributed by atoms with Crippen LogP contribution in [0.25, 0.3) is 0 Å². The number of amides is 1. The standard InChI is InChI=1S/C22H31NO7/c1-23-18(25)11-22-14-5-7-17(29-12-28-9-8-26-2)21(22)30-20-16(27-3)6-4-13(19(20)22)10-15(14)24/h4,6,14-15,17,21,24H,5,7-12H2,1-3H3,(H,23,25)/t14-,15+,17+,21-,22-/m1/s1. The molecule has 0 spiro atoms. The Morgan fingerprint density at radius 1 is 1.30 bits per heavy atom. The second kappa shape index (κ2) is 8.70. The quantitative estimate of drug-likeness (QED) is 0.456. The first-order chi connectivity index (χ1) is 14.6. The summed E-state index contributed by atoms with van der Waals surface area (Å²) in [5.41, 5.74) is 1.35. The zero-order valence-corrected chi connectivity index (χ0v) is 17.8. The Bertz CT molecular complexity index is 785. The Labute approximate surface area is 176 Å². The van der Waals surface area contributed by atoms with Crippen LogP contribution >= 0.6 is 0 Å². The second-order valence-corrected chi connectivity index (χ2v) is 8.24. The molecule has 0 aromatic heterocycles. The number of hydrogen-bond donors (Lipinski definition) is 2. The van der Waals surface area contributed by atoms with Crippen molar-refractivity contribution >= 4 is 5.91 Å². The van der Waals surface area contributed by atoms with Gasteiger partial charge < -0.3 is 34.1 Å². The number of aliphatic hydroxyl groups excluding tert-OH is 1. The Kier molecular flexibility index (Phi) is 6.20. The van der Waals surface area contributed by atoms with Gasteiger partial charge in [-0.15, -0.1) is 0 Å². The molecule has 1 amide bonds. The van der Waals surface area contributed by atoms with E-state index in [0.29, 0.717) is 31.1 Å². The number of ether oxygens (including phenoxy) is 5. The molecule has 0 bridgehead atoms. The van der Waals surface area contributed by atoms with Gasteiger partial charge in [0, 0.05) is 26.1 Å². The number of carbonyl (C=O) groups is 1. The summed E-state index contributed by atoms with van der Waals surface area (Å²) < 4.78 is 28.7. The summed E-state index contributed by atoms with van der Waals surface area (Å²) in [7, 11) is 4.87. The van der Waals surface area contributed by atoms with Crippen LogP contribution < -0.4 is 14.8 Å². The number of benzene rings is 1. The van der Waals surface area contributed by atoms with Crippen molar-refractivity contribution in [2.24, 2.45) is 5.92 Å². The molecule has 4 rings (SSSR count). The van der Waals surface area contributed by atoms with Crippen LogP contribution in [0.4, 0.5) is 0 Å². The first-order valence-corrected chi connectivity index (χ1v) is 10.5. The fraction of sp³-hybridized carbons (Fsp3) is 0.682.